The zero-order valence-electron chi connectivity index (χ0n) is 15.6. The molecule has 8 heteroatoms. The van der Waals surface area contributed by atoms with E-state index in [1.165, 1.54) is 0 Å². The summed E-state index contributed by atoms with van der Waals surface area (Å²) in [6, 6.07) is 11.2. The molecule has 0 aliphatic carbocycles. The van der Waals surface area contributed by atoms with Gasteiger partial charge >= 0.3 is 0 Å². The number of anilines is 1. The van der Waals surface area contributed by atoms with E-state index < -0.39 is 5.92 Å². The molecule has 2 amide bonds. The van der Waals surface area contributed by atoms with Crippen LogP contribution in [0.2, 0.25) is 5.02 Å². The zero-order valence-corrected chi connectivity index (χ0v) is 18.0. The molecule has 2 aromatic rings. The fourth-order valence-corrected chi connectivity index (χ4v) is 4.38. The minimum atomic E-state index is -0.661. The number of carbonyl (C=O) groups excluding carboxylic acids is 2. The molecule has 2 aliphatic heterocycles. The van der Waals surface area contributed by atoms with Crippen molar-refractivity contribution >= 4 is 45.0 Å². The number of hydrogen-bond acceptors (Lipinski definition) is 4. The standard InChI is InChI=1S/C21H20BrClN2O4/c22-15-3-1-2-4-17(15)25-8-6-14(21(25)27)20(26)24-7-5-13-11-16(23)19-18(12-13)28-9-10-29-19/h1-4,11-12,14H,5-10H2,(H,24,26). The minimum Gasteiger partial charge on any atom is -0.486 e. The molecule has 29 heavy (non-hydrogen) atoms. The Morgan fingerprint density at radius 2 is 2.03 bits per heavy atom. The van der Waals surface area contributed by atoms with Crippen LogP contribution in [-0.2, 0) is 16.0 Å². The molecule has 4 rings (SSSR count). The largest absolute Gasteiger partial charge is 0.486 e. The Kier molecular flexibility index (Phi) is 5.96. The molecular weight excluding hydrogens is 460 g/mol. The first-order valence-corrected chi connectivity index (χ1v) is 10.6. The topological polar surface area (TPSA) is 67.9 Å². The van der Waals surface area contributed by atoms with Crippen molar-refractivity contribution in [2.24, 2.45) is 5.92 Å². The van der Waals surface area contributed by atoms with Gasteiger partial charge < -0.3 is 19.7 Å². The van der Waals surface area contributed by atoms with Gasteiger partial charge in [-0.2, -0.15) is 0 Å². The molecule has 0 radical (unpaired) electrons. The summed E-state index contributed by atoms with van der Waals surface area (Å²) in [6.45, 7) is 1.90. The van der Waals surface area contributed by atoms with Crippen LogP contribution in [0.1, 0.15) is 12.0 Å². The van der Waals surface area contributed by atoms with Crippen LogP contribution < -0.4 is 19.7 Å². The molecule has 1 fully saturated rings. The normalized spacial score (nSPS) is 18.1. The molecule has 1 N–H and O–H groups in total. The van der Waals surface area contributed by atoms with E-state index in [4.69, 9.17) is 21.1 Å². The lowest BCUT2D eigenvalue weighted by Crippen LogP contribution is -2.37. The van der Waals surface area contributed by atoms with Gasteiger partial charge in [-0.25, -0.2) is 0 Å². The summed E-state index contributed by atoms with van der Waals surface area (Å²) in [5, 5.41) is 3.38. The molecule has 0 bridgehead atoms. The van der Waals surface area contributed by atoms with E-state index >= 15 is 0 Å². The molecule has 1 saturated heterocycles. The monoisotopic (exact) mass is 478 g/mol. The van der Waals surface area contributed by atoms with Crippen molar-refractivity contribution in [2.45, 2.75) is 12.8 Å². The summed E-state index contributed by atoms with van der Waals surface area (Å²) in [4.78, 5) is 27.0. The van der Waals surface area contributed by atoms with E-state index in [-0.39, 0.29) is 11.8 Å². The van der Waals surface area contributed by atoms with Gasteiger partial charge in [-0.15, -0.1) is 0 Å². The summed E-state index contributed by atoms with van der Waals surface area (Å²) in [5.41, 5.74) is 1.73. The maximum atomic E-state index is 12.7. The molecule has 0 saturated carbocycles. The third kappa shape index (κ3) is 4.21. The van der Waals surface area contributed by atoms with Crippen molar-refractivity contribution in [2.75, 3.05) is 31.2 Å². The maximum Gasteiger partial charge on any atom is 0.239 e. The van der Waals surface area contributed by atoms with E-state index in [2.05, 4.69) is 21.2 Å². The van der Waals surface area contributed by atoms with Gasteiger partial charge in [0, 0.05) is 17.6 Å². The van der Waals surface area contributed by atoms with E-state index in [0.29, 0.717) is 55.7 Å². The zero-order chi connectivity index (χ0) is 20.4. The van der Waals surface area contributed by atoms with Crippen LogP contribution in [0.5, 0.6) is 11.5 Å². The van der Waals surface area contributed by atoms with E-state index in [9.17, 15) is 9.59 Å². The van der Waals surface area contributed by atoms with Crippen LogP contribution in [0.15, 0.2) is 40.9 Å². The second kappa shape index (κ2) is 8.63. The number of hydrogen-bond donors (Lipinski definition) is 1. The lowest BCUT2D eigenvalue weighted by Gasteiger charge is -2.20. The summed E-state index contributed by atoms with van der Waals surface area (Å²) in [7, 11) is 0. The van der Waals surface area contributed by atoms with Gasteiger partial charge in [-0.1, -0.05) is 23.7 Å². The Balaban J connectivity index is 1.34. The summed E-state index contributed by atoms with van der Waals surface area (Å²) >= 11 is 9.72. The predicted molar refractivity (Wildman–Crippen MR) is 114 cm³/mol. The number of nitrogens with zero attached hydrogens (tertiary/aromatic N) is 1. The van der Waals surface area contributed by atoms with Gasteiger partial charge in [0.15, 0.2) is 11.5 Å². The summed E-state index contributed by atoms with van der Waals surface area (Å²) < 4.78 is 11.9. The van der Waals surface area contributed by atoms with Crippen LogP contribution >= 0.6 is 27.5 Å². The van der Waals surface area contributed by atoms with Gasteiger partial charge in [-0.3, -0.25) is 9.59 Å². The molecule has 2 heterocycles. The fourth-order valence-electron chi connectivity index (χ4n) is 3.59. The highest BCUT2D eigenvalue weighted by Crippen LogP contribution is 2.38. The maximum absolute atomic E-state index is 12.7. The fraction of sp³-hybridized carbons (Fsp3) is 0.333. The number of nitrogens with one attached hydrogen (secondary N) is 1. The highest BCUT2D eigenvalue weighted by Gasteiger charge is 2.38. The van der Waals surface area contributed by atoms with Gasteiger partial charge in [-0.05, 0) is 58.6 Å². The first-order chi connectivity index (χ1) is 14.0. The highest BCUT2D eigenvalue weighted by molar-refractivity contribution is 9.10. The molecule has 2 aromatic carbocycles. The number of rotatable bonds is 5. The lowest BCUT2D eigenvalue weighted by molar-refractivity contribution is -0.132. The van der Waals surface area contributed by atoms with Crippen LogP contribution in [0.4, 0.5) is 5.69 Å². The van der Waals surface area contributed by atoms with Crippen LogP contribution in [0.3, 0.4) is 0 Å². The molecule has 1 atom stereocenters. The van der Waals surface area contributed by atoms with Gasteiger partial charge in [0.25, 0.3) is 0 Å². The average molecular weight is 480 g/mol. The van der Waals surface area contributed by atoms with E-state index in [1.54, 1.807) is 4.90 Å². The minimum absolute atomic E-state index is 0.170. The number of fused-ring (bicyclic) bond motifs is 1. The third-order valence-electron chi connectivity index (χ3n) is 5.03. The van der Waals surface area contributed by atoms with Gasteiger partial charge in [0.05, 0.1) is 10.7 Å². The second-order valence-electron chi connectivity index (χ2n) is 6.93. The SMILES string of the molecule is O=C(NCCc1cc(Cl)c2c(c1)OCCO2)C1CCN(c2ccccc2Br)C1=O. The van der Waals surface area contributed by atoms with Crippen LogP contribution in [0, 0.1) is 5.92 Å². The number of amides is 2. The summed E-state index contributed by atoms with van der Waals surface area (Å²) in [5.74, 6) is 0.116. The Bertz CT molecular complexity index is 952. The molecule has 2 aliphatic rings. The van der Waals surface area contributed by atoms with Crippen molar-refractivity contribution < 1.29 is 19.1 Å². The number of halogens is 2. The van der Waals surface area contributed by atoms with Crippen molar-refractivity contribution in [1.29, 1.82) is 0 Å². The molecule has 6 nitrogen and oxygen atoms in total. The molecule has 0 aromatic heterocycles. The number of benzene rings is 2. The van der Waals surface area contributed by atoms with Gasteiger partial charge in [0.1, 0.15) is 19.1 Å². The second-order valence-corrected chi connectivity index (χ2v) is 8.19. The van der Waals surface area contributed by atoms with Crippen LogP contribution in [-0.4, -0.2) is 38.1 Å². The predicted octanol–water partition coefficient (Wildman–Crippen LogP) is 3.59. The highest BCUT2D eigenvalue weighted by atomic mass is 79.9. The molecule has 1 unspecified atom stereocenters. The van der Waals surface area contributed by atoms with Crippen molar-refractivity contribution in [1.82, 2.24) is 5.32 Å². The Labute approximate surface area is 182 Å². The Morgan fingerprint density at radius 1 is 1.24 bits per heavy atom. The van der Waals surface area contributed by atoms with E-state index in [0.717, 1.165) is 15.7 Å². The Hall–Kier alpha value is -2.25. The average Bonchev–Trinajstić information content (AvgIpc) is 3.09. The third-order valence-corrected chi connectivity index (χ3v) is 5.99. The number of carbonyl (C=O) groups is 2. The number of ether oxygens (including phenoxy) is 2. The summed E-state index contributed by atoms with van der Waals surface area (Å²) in [6.07, 6.45) is 1.08. The lowest BCUT2D eigenvalue weighted by atomic mass is 10.1. The first-order valence-electron chi connectivity index (χ1n) is 9.46. The smallest absolute Gasteiger partial charge is 0.239 e. The van der Waals surface area contributed by atoms with E-state index in [1.807, 2.05) is 36.4 Å². The van der Waals surface area contributed by atoms with Crippen molar-refractivity contribution in [3.63, 3.8) is 0 Å². The number of para-hydroxylation sites is 1. The molecule has 0 spiro atoms. The Morgan fingerprint density at radius 3 is 2.86 bits per heavy atom. The van der Waals surface area contributed by atoms with Crippen LogP contribution in [0.25, 0.3) is 0 Å². The van der Waals surface area contributed by atoms with Crippen molar-refractivity contribution in [3.05, 3.63) is 51.5 Å². The van der Waals surface area contributed by atoms with Gasteiger partial charge in [0.2, 0.25) is 11.8 Å². The van der Waals surface area contributed by atoms with Crippen molar-refractivity contribution in [3.8, 4) is 11.5 Å². The molecule has 152 valence electrons. The quantitative estimate of drug-likeness (QED) is 0.666. The first kappa shape index (κ1) is 20.0. The molecular formula is C21H20BrClN2O4.